The second-order valence-corrected chi connectivity index (χ2v) is 5.08. The van der Waals surface area contributed by atoms with Gasteiger partial charge in [0.05, 0.1) is 6.61 Å². The molecule has 2 rings (SSSR count). The van der Waals surface area contributed by atoms with Gasteiger partial charge in [0.2, 0.25) is 0 Å². The summed E-state index contributed by atoms with van der Waals surface area (Å²) in [7, 11) is 0. The van der Waals surface area contributed by atoms with E-state index in [4.69, 9.17) is 4.74 Å². The minimum Gasteiger partial charge on any atom is -0.493 e. The van der Waals surface area contributed by atoms with E-state index in [1.54, 1.807) is 0 Å². The van der Waals surface area contributed by atoms with Crippen LogP contribution in [0, 0.1) is 5.92 Å². The van der Waals surface area contributed by atoms with E-state index in [0.717, 1.165) is 25.3 Å². The van der Waals surface area contributed by atoms with Crippen molar-refractivity contribution in [1.82, 2.24) is 5.32 Å². The van der Waals surface area contributed by atoms with Crippen molar-refractivity contribution in [1.29, 1.82) is 0 Å². The van der Waals surface area contributed by atoms with Crippen LogP contribution in [0.25, 0.3) is 0 Å². The zero-order valence-electron chi connectivity index (χ0n) is 11.8. The van der Waals surface area contributed by atoms with Crippen LogP contribution in [0.1, 0.15) is 50.8 Å². The van der Waals surface area contributed by atoms with Gasteiger partial charge in [-0.1, -0.05) is 45.7 Å². The molecular formula is C16H25NO. The van der Waals surface area contributed by atoms with Crippen LogP contribution < -0.4 is 10.1 Å². The Labute approximate surface area is 111 Å². The Bertz CT molecular complexity index is 385. The van der Waals surface area contributed by atoms with Crippen LogP contribution in [0.2, 0.25) is 0 Å². The van der Waals surface area contributed by atoms with Crippen molar-refractivity contribution in [2.45, 2.75) is 46.1 Å². The molecule has 1 heterocycles. The first-order valence-corrected chi connectivity index (χ1v) is 7.29. The van der Waals surface area contributed by atoms with E-state index < -0.39 is 0 Å². The molecule has 100 valence electrons. The molecule has 2 nitrogen and oxygen atoms in total. The van der Waals surface area contributed by atoms with Crippen molar-refractivity contribution >= 4 is 0 Å². The Kier molecular flexibility index (Phi) is 4.65. The van der Waals surface area contributed by atoms with Gasteiger partial charge in [0.1, 0.15) is 5.75 Å². The normalized spacial score (nSPS) is 15.6. The van der Waals surface area contributed by atoms with E-state index in [9.17, 15) is 0 Å². The maximum atomic E-state index is 5.59. The predicted molar refractivity (Wildman–Crippen MR) is 76.1 cm³/mol. The highest BCUT2D eigenvalue weighted by Crippen LogP contribution is 2.32. The van der Waals surface area contributed by atoms with Crippen LogP contribution >= 0.6 is 0 Å². The molecule has 2 heteroatoms. The second kappa shape index (κ2) is 6.24. The molecule has 1 unspecified atom stereocenters. The lowest BCUT2D eigenvalue weighted by Crippen LogP contribution is -2.27. The quantitative estimate of drug-likeness (QED) is 0.827. The van der Waals surface area contributed by atoms with Gasteiger partial charge in [-0.25, -0.2) is 0 Å². The lowest BCUT2D eigenvalue weighted by Gasteiger charge is -2.27. The summed E-state index contributed by atoms with van der Waals surface area (Å²) >= 11 is 0. The molecule has 0 radical (unpaired) electrons. The number of nitrogens with one attached hydrogen (secondary N) is 1. The fourth-order valence-corrected chi connectivity index (χ4v) is 2.94. The van der Waals surface area contributed by atoms with E-state index in [-0.39, 0.29) is 0 Å². The van der Waals surface area contributed by atoms with E-state index in [0.29, 0.717) is 12.0 Å². The maximum absolute atomic E-state index is 5.59. The summed E-state index contributed by atoms with van der Waals surface area (Å²) in [5.41, 5.74) is 2.80. The molecule has 1 aromatic rings. The van der Waals surface area contributed by atoms with Crippen LogP contribution in [0.3, 0.4) is 0 Å². The minimum absolute atomic E-state index is 0.482. The highest BCUT2D eigenvalue weighted by atomic mass is 16.5. The number of fused-ring (bicyclic) bond motifs is 1. The third-order valence-electron chi connectivity index (χ3n) is 4.02. The summed E-state index contributed by atoms with van der Waals surface area (Å²) in [5.74, 6) is 1.80. The standard InChI is InChI=1S/C16H25NO/c1-4-12(5-2)16(17-6-3)14-7-8-15-13(11-14)9-10-18-15/h7-8,11-12,16-17H,4-6,9-10H2,1-3H3. The fourth-order valence-electron chi connectivity index (χ4n) is 2.94. The average Bonchev–Trinajstić information content (AvgIpc) is 2.86. The number of hydrogen-bond donors (Lipinski definition) is 1. The molecule has 0 bridgehead atoms. The Morgan fingerprint density at radius 3 is 2.67 bits per heavy atom. The number of rotatable bonds is 6. The van der Waals surface area contributed by atoms with Gasteiger partial charge in [0, 0.05) is 12.5 Å². The topological polar surface area (TPSA) is 21.3 Å². The highest BCUT2D eigenvalue weighted by molar-refractivity contribution is 5.41. The lowest BCUT2D eigenvalue weighted by atomic mass is 9.88. The molecule has 0 amide bonds. The maximum Gasteiger partial charge on any atom is 0.122 e. The first kappa shape index (κ1) is 13.4. The molecule has 1 N–H and O–H groups in total. The average molecular weight is 247 g/mol. The van der Waals surface area contributed by atoms with Gasteiger partial charge in [0.25, 0.3) is 0 Å². The summed E-state index contributed by atoms with van der Waals surface area (Å²) in [6.45, 7) is 8.63. The van der Waals surface area contributed by atoms with Crippen molar-refractivity contribution in [3.63, 3.8) is 0 Å². The molecule has 1 aliphatic heterocycles. The minimum atomic E-state index is 0.482. The summed E-state index contributed by atoms with van der Waals surface area (Å²) in [5, 5.41) is 3.65. The van der Waals surface area contributed by atoms with Crippen molar-refractivity contribution in [2.24, 2.45) is 5.92 Å². The zero-order chi connectivity index (χ0) is 13.0. The van der Waals surface area contributed by atoms with E-state index >= 15 is 0 Å². The van der Waals surface area contributed by atoms with E-state index in [1.807, 2.05) is 0 Å². The molecule has 0 spiro atoms. The number of hydrogen-bond acceptors (Lipinski definition) is 2. The van der Waals surface area contributed by atoms with Gasteiger partial charge in [-0.15, -0.1) is 0 Å². The van der Waals surface area contributed by atoms with Gasteiger partial charge in [-0.2, -0.15) is 0 Å². The molecular weight excluding hydrogens is 222 g/mol. The largest absolute Gasteiger partial charge is 0.493 e. The fraction of sp³-hybridized carbons (Fsp3) is 0.625. The SMILES string of the molecule is CCNC(c1ccc2c(c1)CCO2)C(CC)CC. The zero-order valence-corrected chi connectivity index (χ0v) is 11.8. The smallest absolute Gasteiger partial charge is 0.122 e. The van der Waals surface area contributed by atoms with E-state index in [2.05, 4.69) is 44.3 Å². The second-order valence-electron chi connectivity index (χ2n) is 5.08. The summed E-state index contributed by atoms with van der Waals surface area (Å²) < 4.78 is 5.59. The van der Waals surface area contributed by atoms with Gasteiger partial charge in [0.15, 0.2) is 0 Å². The first-order valence-electron chi connectivity index (χ1n) is 7.29. The highest BCUT2D eigenvalue weighted by Gasteiger charge is 2.21. The summed E-state index contributed by atoms with van der Waals surface area (Å²) in [6.07, 6.45) is 3.51. The summed E-state index contributed by atoms with van der Waals surface area (Å²) in [6, 6.07) is 7.20. The van der Waals surface area contributed by atoms with Crippen LogP contribution in [0.15, 0.2) is 18.2 Å². The molecule has 18 heavy (non-hydrogen) atoms. The summed E-state index contributed by atoms with van der Waals surface area (Å²) in [4.78, 5) is 0. The first-order chi connectivity index (χ1) is 8.80. The molecule has 1 atom stereocenters. The van der Waals surface area contributed by atoms with Crippen LogP contribution in [-0.2, 0) is 6.42 Å². The van der Waals surface area contributed by atoms with Gasteiger partial charge in [-0.3, -0.25) is 0 Å². The van der Waals surface area contributed by atoms with E-state index in [1.165, 1.54) is 24.0 Å². The van der Waals surface area contributed by atoms with Crippen molar-refractivity contribution in [3.8, 4) is 5.75 Å². The van der Waals surface area contributed by atoms with Crippen LogP contribution in [0.4, 0.5) is 0 Å². The Morgan fingerprint density at radius 2 is 2.00 bits per heavy atom. The molecule has 0 saturated carbocycles. The number of ether oxygens (including phenoxy) is 1. The monoisotopic (exact) mass is 247 g/mol. The molecule has 1 aliphatic rings. The molecule has 0 saturated heterocycles. The van der Waals surface area contributed by atoms with Crippen molar-refractivity contribution in [3.05, 3.63) is 29.3 Å². The molecule has 0 fully saturated rings. The van der Waals surface area contributed by atoms with Gasteiger partial charge in [-0.05, 0) is 29.7 Å². The van der Waals surface area contributed by atoms with Crippen molar-refractivity contribution < 1.29 is 4.74 Å². The third kappa shape index (κ3) is 2.69. The molecule has 0 aromatic heterocycles. The molecule has 1 aromatic carbocycles. The Morgan fingerprint density at radius 1 is 1.22 bits per heavy atom. The predicted octanol–water partition coefficient (Wildman–Crippen LogP) is 3.71. The third-order valence-corrected chi connectivity index (χ3v) is 4.02. The van der Waals surface area contributed by atoms with Crippen molar-refractivity contribution in [2.75, 3.05) is 13.2 Å². The Balaban J connectivity index is 2.24. The number of benzene rings is 1. The molecule has 0 aliphatic carbocycles. The lowest BCUT2D eigenvalue weighted by molar-refractivity contribution is 0.345. The van der Waals surface area contributed by atoms with Crippen LogP contribution in [-0.4, -0.2) is 13.2 Å². The van der Waals surface area contributed by atoms with Gasteiger partial charge >= 0.3 is 0 Å². The Hall–Kier alpha value is -1.02. The van der Waals surface area contributed by atoms with Crippen LogP contribution in [0.5, 0.6) is 5.75 Å². The van der Waals surface area contributed by atoms with Gasteiger partial charge < -0.3 is 10.1 Å².